The molecular formula is C23H32FN6O7P. The summed E-state index contributed by atoms with van der Waals surface area (Å²) in [7, 11) is -4.14. The first-order valence-electron chi connectivity index (χ1n) is 11.8. The van der Waals surface area contributed by atoms with Crippen LogP contribution in [0.25, 0.3) is 11.2 Å². The van der Waals surface area contributed by atoms with Crippen molar-refractivity contribution in [1.29, 1.82) is 0 Å². The summed E-state index contributed by atoms with van der Waals surface area (Å²) < 4.78 is 52.1. The van der Waals surface area contributed by atoms with E-state index in [4.69, 9.17) is 24.3 Å². The zero-order chi connectivity index (χ0) is 27.9. The van der Waals surface area contributed by atoms with E-state index in [-0.39, 0.29) is 36.7 Å². The summed E-state index contributed by atoms with van der Waals surface area (Å²) in [5.41, 5.74) is 3.92. The van der Waals surface area contributed by atoms with Crippen LogP contribution in [0.4, 0.5) is 10.3 Å². The number of aliphatic hydroxyl groups excluding tert-OH is 1. The van der Waals surface area contributed by atoms with Gasteiger partial charge in [-0.05, 0) is 39.8 Å². The van der Waals surface area contributed by atoms with Gasteiger partial charge in [0.05, 0.1) is 38.4 Å². The van der Waals surface area contributed by atoms with Crippen molar-refractivity contribution in [3.05, 3.63) is 42.9 Å². The third-order valence-corrected chi connectivity index (χ3v) is 6.73. The van der Waals surface area contributed by atoms with Gasteiger partial charge >= 0.3 is 13.7 Å². The number of nitrogens with two attached hydrogens (primary N) is 1. The number of ether oxygens (including phenoxy) is 2. The molecule has 0 aliphatic rings. The van der Waals surface area contributed by atoms with Crippen LogP contribution in [0.3, 0.4) is 0 Å². The van der Waals surface area contributed by atoms with Gasteiger partial charge in [-0.2, -0.15) is 10.1 Å². The number of aliphatic hydroxyl groups is 1. The molecule has 0 bridgehead atoms. The van der Waals surface area contributed by atoms with Crippen LogP contribution < -0.4 is 15.3 Å². The van der Waals surface area contributed by atoms with Crippen LogP contribution in [0, 0.1) is 0 Å². The summed E-state index contributed by atoms with van der Waals surface area (Å²) in [5, 5.41) is 12.2. The Morgan fingerprint density at radius 1 is 1.24 bits per heavy atom. The Morgan fingerprint density at radius 3 is 2.61 bits per heavy atom. The Morgan fingerprint density at radius 2 is 1.95 bits per heavy atom. The first kappa shape index (κ1) is 29.4. The van der Waals surface area contributed by atoms with E-state index in [2.05, 4.69) is 20.0 Å². The molecule has 15 heteroatoms. The molecule has 1 aromatic carbocycles. The first-order chi connectivity index (χ1) is 17.9. The first-order valence-corrected chi connectivity index (χ1v) is 13.3. The number of para-hydroxylation sites is 1. The molecule has 0 unspecified atom stereocenters. The third kappa shape index (κ3) is 7.68. The van der Waals surface area contributed by atoms with E-state index in [1.165, 1.54) is 24.0 Å². The fourth-order valence-electron chi connectivity index (χ4n) is 3.29. The van der Waals surface area contributed by atoms with Crippen LogP contribution in [0.5, 0.6) is 5.75 Å². The molecular weight excluding hydrogens is 522 g/mol. The maximum absolute atomic E-state index is 15.3. The highest BCUT2D eigenvalue weighted by atomic mass is 31.2. The quantitative estimate of drug-likeness (QED) is 0.151. The molecule has 2 heterocycles. The Labute approximate surface area is 219 Å². The van der Waals surface area contributed by atoms with Crippen molar-refractivity contribution in [2.75, 3.05) is 25.6 Å². The number of nitrogens with zero attached hydrogens (tertiary/aromatic N) is 4. The van der Waals surface area contributed by atoms with Crippen LogP contribution in [0.2, 0.25) is 0 Å². The van der Waals surface area contributed by atoms with Crippen LogP contribution >= 0.6 is 7.75 Å². The van der Waals surface area contributed by atoms with E-state index in [0.29, 0.717) is 5.52 Å². The smallest absolute Gasteiger partial charge is 0.459 e. The van der Waals surface area contributed by atoms with Crippen molar-refractivity contribution in [3.8, 4) is 5.75 Å². The second kappa shape index (κ2) is 12.6. The molecule has 208 valence electrons. The molecule has 0 spiro atoms. The molecule has 4 N–H and O–H groups in total. The van der Waals surface area contributed by atoms with Crippen molar-refractivity contribution >= 4 is 30.8 Å². The van der Waals surface area contributed by atoms with Gasteiger partial charge in [0.1, 0.15) is 17.3 Å². The standard InChI is InChI=1S/C23H32FN6O7P/c1-15(2)36-20(32)16(3)29-38(33,37-17-8-6-5-7-9-17)35-11-10-34-21(23(4,24)13-31)30-14-27-18-12-26-22(25)28-19(18)30/h5-9,12,14-16,21,31H,10-11,13H2,1-4H3,(H,29,33)(H2,25,26,28)/t16-,21-,23-,38+/m1/s1. The number of imidazole rings is 1. The number of nitrogens with one attached hydrogen (secondary N) is 1. The second-order valence-electron chi connectivity index (χ2n) is 8.82. The topological polar surface area (TPSA) is 173 Å². The van der Waals surface area contributed by atoms with Crippen molar-refractivity contribution < 1.29 is 37.4 Å². The SMILES string of the molecule is CC(C)OC(=O)[C@@H](C)N[P@](=O)(OCCO[C@@H](n1cnc2cnc(N)nc21)[C@](C)(F)CO)Oc1ccccc1. The van der Waals surface area contributed by atoms with Crippen LogP contribution in [0.1, 0.15) is 33.9 Å². The third-order valence-electron chi connectivity index (χ3n) is 5.06. The summed E-state index contributed by atoms with van der Waals surface area (Å²) in [4.78, 5) is 24.3. The fraction of sp³-hybridized carbons (Fsp3) is 0.478. The lowest BCUT2D eigenvalue weighted by atomic mass is 10.1. The lowest BCUT2D eigenvalue weighted by molar-refractivity contribution is -0.149. The molecule has 0 radical (unpaired) electrons. The number of benzene rings is 1. The zero-order valence-corrected chi connectivity index (χ0v) is 22.4. The molecule has 0 aliphatic heterocycles. The number of hydrogen-bond donors (Lipinski definition) is 3. The van der Waals surface area contributed by atoms with E-state index >= 15 is 4.39 Å². The van der Waals surface area contributed by atoms with Crippen molar-refractivity contribution in [2.45, 2.75) is 51.7 Å². The van der Waals surface area contributed by atoms with Crippen molar-refractivity contribution in [3.63, 3.8) is 0 Å². The number of carbonyl (C=O) groups excluding carboxylic acids is 1. The minimum atomic E-state index is -4.14. The van der Waals surface area contributed by atoms with Crippen LogP contribution in [-0.2, 0) is 23.4 Å². The average molecular weight is 555 g/mol. The highest BCUT2D eigenvalue weighted by Gasteiger charge is 2.38. The van der Waals surface area contributed by atoms with Gasteiger partial charge in [0.25, 0.3) is 0 Å². The van der Waals surface area contributed by atoms with E-state index < -0.39 is 38.3 Å². The molecule has 13 nitrogen and oxygen atoms in total. The summed E-state index contributed by atoms with van der Waals surface area (Å²) in [6, 6.07) is 7.19. The van der Waals surface area contributed by atoms with Crippen LogP contribution in [-0.4, -0.2) is 68.2 Å². The lowest BCUT2D eigenvalue weighted by Gasteiger charge is -2.30. The number of carbonyl (C=O) groups is 1. The van der Waals surface area contributed by atoms with Gasteiger partial charge in [0.15, 0.2) is 17.5 Å². The molecule has 0 saturated heterocycles. The van der Waals surface area contributed by atoms with Gasteiger partial charge < -0.3 is 24.8 Å². The normalized spacial score (nSPS) is 16.5. The van der Waals surface area contributed by atoms with Gasteiger partial charge in [-0.1, -0.05) is 18.2 Å². The van der Waals surface area contributed by atoms with Gasteiger partial charge in [0.2, 0.25) is 5.95 Å². The second-order valence-corrected chi connectivity index (χ2v) is 10.5. The highest BCUT2D eigenvalue weighted by Crippen LogP contribution is 2.45. The Hall–Kier alpha value is -3.16. The molecule has 0 amide bonds. The Kier molecular flexibility index (Phi) is 9.74. The molecule has 38 heavy (non-hydrogen) atoms. The maximum atomic E-state index is 15.3. The number of nitrogen functional groups attached to an aromatic ring is 1. The molecule has 4 atom stereocenters. The van der Waals surface area contributed by atoms with E-state index in [1.54, 1.807) is 44.2 Å². The number of halogens is 1. The number of fused-ring (bicyclic) bond motifs is 1. The van der Waals surface area contributed by atoms with E-state index in [9.17, 15) is 14.5 Å². The Balaban J connectivity index is 1.74. The minimum Gasteiger partial charge on any atom is -0.462 e. The average Bonchev–Trinajstić information content (AvgIpc) is 3.26. The predicted molar refractivity (Wildman–Crippen MR) is 136 cm³/mol. The molecule has 3 rings (SSSR count). The van der Waals surface area contributed by atoms with Crippen LogP contribution in [0.15, 0.2) is 42.9 Å². The summed E-state index contributed by atoms with van der Waals surface area (Å²) in [5.74, 6) is -0.479. The van der Waals surface area contributed by atoms with Gasteiger partial charge in [-0.25, -0.2) is 18.9 Å². The lowest BCUT2D eigenvalue weighted by Crippen LogP contribution is -2.38. The number of aromatic nitrogens is 4. The number of alkyl halides is 1. The van der Waals surface area contributed by atoms with Gasteiger partial charge in [-0.15, -0.1) is 0 Å². The number of hydrogen-bond acceptors (Lipinski definition) is 11. The van der Waals surface area contributed by atoms with Crippen molar-refractivity contribution in [2.24, 2.45) is 0 Å². The Bertz CT molecular complexity index is 1260. The number of rotatable bonds is 14. The van der Waals surface area contributed by atoms with E-state index in [1.807, 2.05) is 0 Å². The van der Waals surface area contributed by atoms with E-state index in [0.717, 1.165) is 6.92 Å². The summed E-state index contributed by atoms with van der Waals surface area (Å²) in [6.45, 7) is 4.44. The molecule has 0 fully saturated rings. The highest BCUT2D eigenvalue weighted by molar-refractivity contribution is 7.52. The molecule has 3 aromatic rings. The summed E-state index contributed by atoms with van der Waals surface area (Å²) >= 11 is 0. The summed E-state index contributed by atoms with van der Waals surface area (Å²) in [6.07, 6.45) is 0.869. The molecule has 2 aromatic heterocycles. The van der Waals surface area contributed by atoms with Gasteiger partial charge in [0, 0.05) is 0 Å². The largest absolute Gasteiger partial charge is 0.462 e. The number of esters is 1. The monoisotopic (exact) mass is 554 g/mol. The molecule has 0 aliphatic carbocycles. The number of anilines is 1. The zero-order valence-electron chi connectivity index (χ0n) is 21.5. The fourth-order valence-corrected chi connectivity index (χ4v) is 4.76. The van der Waals surface area contributed by atoms with Gasteiger partial charge in [-0.3, -0.25) is 13.9 Å². The molecule has 0 saturated carbocycles. The van der Waals surface area contributed by atoms with Crippen molar-refractivity contribution in [1.82, 2.24) is 24.6 Å². The maximum Gasteiger partial charge on any atom is 0.459 e. The minimum absolute atomic E-state index is 0.0546. The predicted octanol–water partition coefficient (Wildman–Crippen LogP) is 2.78.